The molecular weight excluding hydrogens is 536 g/mol. The average Bonchev–Trinajstić information content (AvgIpc) is 3.24. The van der Waals surface area contributed by atoms with Crippen LogP contribution in [0.4, 0.5) is 0 Å². The Kier molecular flexibility index (Phi) is 7.39. The molecule has 0 aromatic carbocycles. The van der Waals surface area contributed by atoms with Gasteiger partial charge < -0.3 is 14.5 Å². The topological polar surface area (TPSA) is 66.9 Å². The maximum absolute atomic E-state index is 14.6. The zero-order valence-electron chi connectivity index (χ0n) is 28.6. The van der Waals surface area contributed by atoms with Crippen LogP contribution in [0.3, 0.4) is 0 Å². The Morgan fingerprint density at radius 1 is 0.884 bits per heavy atom. The van der Waals surface area contributed by atoms with E-state index in [-0.39, 0.29) is 51.5 Å². The second-order valence-electron chi connectivity index (χ2n) is 17.3. The minimum absolute atomic E-state index is 0.0141. The second-order valence-corrected chi connectivity index (χ2v) is 17.3. The SMILES string of the molecule is CC(=O)O[C@H]1CC[C@]2(C)[C@H]3CCC4=C5C(C(C)C)C(=O)C[C@]5(C(=O)N5CCN(C)CC5)CC[C@@]4(C)[C@]3(C)CC[C@H]2C1(C)C. The summed E-state index contributed by atoms with van der Waals surface area (Å²) in [7, 11) is 2.13. The van der Waals surface area contributed by atoms with Gasteiger partial charge in [-0.1, -0.05) is 54.0 Å². The largest absolute Gasteiger partial charge is 0.462 e. The third kappa shape index (κ3) is 4.23. The van der Waals surface area contributed by atoms with Crippen LogP contribution in [0.1, 0.15) is 113 Å². The lowest BCUT2D eigenvalue weighted by atomic mass is 9.34. The van der Waals surface area contributed by atoms with Crippen LogP contribution < -0.4 is 0 Å². The monoisotopic (exact) mass is 594 g/mol. The van der Waals surface area contributed by atoms with E-state index in [1.54, 1.807) is 6.92 Å². The van der Waals surface area contributed by atoms with Crippen molar-refractivity contribution >= 4 is 17.7 Å². The molecular formula is C37H58N2O4. The maximum atomic E-state index is 14.6. The molecule has 1 heterocycles. The van der Waals surface area contributed by atoms with Gasteiger partial charge in [0.1, 0.15) is 11.9 Å². The van der Waals surface area contributed by atoms with Crippen LogP contribution >= 0.6 is 0 Å². The molecule has 5 fully saturated rings. The zero-order valence-corrected chi connectivity index (χ0v) is 28.6. The third-order valence-electron chi connectivity index (χ3n) is 14.8. The minimum atomic E-state index is -0.634. The van der Waals surface area contributed by atoms with Gasteiger partial charge in [0.15, 0.2) is 0 Å². The van der Waals surface area contributed by atoms with Crippen LogP contribution in [0.25, 0.3) is 0 Å². The molecule has 6 rings (SSSR count). The van der Waals surface area contributed by atoms with Gasteiger partial charge in [-0.2, -0.15) is 0 Å². The Balaban J connectivity index is 1.42. The number of piperazine rings is 1. The van der Waals surface area contributed by atoms with Crippen molar-refractivity contribution in [3.05, 3.63) is 11.1 Å². The fourth-order valence-corrected chi connectivity index (χ4v) is 12.5. The fraction of sp³-hybridized carbons (Fsp3) is 0.865. The highest BCUT2D eigenvalue weighted by Gasteiger charge is 2.70. The fourth-order valence-electron chi connectivity index (χ4n) is 12.5. The summed E-state index contributed by atoms with van der Waals surface area (Å²) in [5.41, 5.74) is 2.36. The first-order valence-corrected chi connectivity index (χ1v) is 17.4. The molecule has 0 bridgehead atoms. The first kappa shape index (κ1) is 31.3. The molecule has 0 aromatic rings. The standard InChI is InChI=1S/C37H58N2O4/c1-23(2)30-26(41)22-37(32(42)39-20-18-38(9)19-21-39)17-16-35(7)25(31(30)37)10-11-28-34(6)14-13-29(43-24(3)40)33(4,5)27(34)12-15-36(28,35)8/h23,27-30H,10-22H2,1-9H3/t27-,28+,29-,30?,34-,35+,36+,37+/m0/s1. The normalized spacial score (nSPS) is 44.4. The molecule has 8 atom stereocenters. The molecule has 1 saturated heterocycles. The molecule has 0 spiro atoms. The van der Waals surface area contributed by atoms with Crippen LogP contribution in [-0.4, -0.2) is 66.8 Å². The highest BCUT2D eigenvalue weighted by atomic mass is 16.5. The van der Waals surface area contributed by atoms with Crippen molar-refractivity contribution in [3.8, 4) is 0 Å². The van der Waals surface area contributed by atoms with E-state index in [4.69, 9.17) is 4.74 Å². The van der Waals surface area contributed by atoms with Gasteiger partial charge in [0.05, 0.1) is 5.41 Å². The van der Waals surface area contributed by atoms with Gasteiger partial charge in [-0.3, -0.25) is 14.4 Å². The van der Waals surface area contributed by atoms with Crippen molar-refractivity contribution in [2.75, 3.05) is 33.2 Å². The van der Waals surface area contributed by atoms with Crippen molar-refractivity contribution in [3.63, 3.8) is 0 Å². The van der Waals surface area contributed by atoms with Crippen LogP contribution in [0.2, 0.25) is 0 Å². The van der Waals surface area contributed by atoms with Gasteiger partial charge >= 0.3 is 5.97 Å². The van der Waals surface area contributed by atoms with Crippen LogP contribution in [0.5, 0.6) is 0 Å². The molecule has 1 amide bonds. The van der Waals surface area contributed by atoms with Crippen LogP contribution in [0.15, 0.2) is 11.1 Å². The number of carbonyl (C=O) groups excluding carboxylic acids is 3. The van der Waals surface area contributed by atoms with Gasteiger partial charge in [0.2, 0.25) is 5.91 Å². The first-order valence-electron chi connectivity index (χ1n) is 17.4. The number of hydrogen-bond acceptors (Lipinski definition) is 5. The van der Waals surface area contributed by atoms with E-state index in [2.05, 4.69) is 65.3 Å². The molecule has 4 saturated carbocycles. The van der Waals surface area contributed by atoms with Crippen molar-refractivity contribution in [2.24, 2.45) is 50.7 Å². The van der Waals surface area contributed by atoms with Crippen molar-refractivity contribution in [2.45, 2.75) is 119 Å². The number of amides is 1. The molecule has 43 heavy (non-hydrogen) atoms. The lowest BCUT2D eigenvalue weighted by molar-refractivity contribution is -0.213. The minimum Gasteiger partial charge on any atom is -0.462 e. The molecule has 6 nitrogen and oxygen atoms in total. The third-order valence-corrected chi connectivity index (χ3v) is 14.8. The number of likely N-dealkylation sites (N-methyl/N-ethyl adjacent to an activating group) is 1. The number of carbonyl (C=O) groups is 3. The van der Waals surface area contributed by atoms with E-state index in [1.165, 1.54) is 11.1 Å². The second kappa shape index (κ2) is 10.2. The molecule has 1 aliphatic heterocycles. The first-order chi connectivity index (χ1) is 20.0. The summed E-state index contributed by atoms with van der Waals surface area (Å²) in [5, 5.41) is 0. The van der Waals surface area contributed by atoms with E-state index in [0.717, 1.165) is 77.5 Å². The quantitative estimate of drug-likeness (QED) is 0.270. The highest BCUT2D eigenvalue weighted by molar-refractivity contribution is 6.00. The van der Waals surface area contributed by atoms with Crippen LogP contribution in [0, 0.1) is 50.7 Å². The number of nitrogens with zero attached hydrogens (tertiary/aromatic N) is 2. The molecule has 1 unspecified atom stereocenters. The molecule has 5 aliphatic carbocycles. The Labute approximate surface area is 260 Å². The van der Waals surface area contributed by atoms with Gasteiger partial charge in [-0.25, -0.2) is 0 Å². The molecule has 0 N–H and O–H groups in total. The number of Topliss-reactive ketones (excluding diaryl/α,β-unsaturated/α-hetero) is 1. The summed E-state index contributed by atoms with van der Waals surface area (Å²) >= 11 is 0. The van der Waals surface area contributed by atoms with Gasteiger partial charge in [0, 0.05) is 50.9 Å². The van der Waals surface area contributed by atoms with E-state index < -0.39 is 5.41 Å². The summed E-state index contributed by atoms with van der Waals surface area (Å²) in [6, 6.07) is 0. The number of rotatable bonds is 3. The Morgan fingerprint density at radius 3 is 2.19 bits per heavy atom. The van der Waals surface area contributed by atoms with Crippen molar-refractivity contribution < 1.29 is 19.1 Å². The summed E-state index contributed by atoms with van der Waals surface area (Å²) in [6.45, 7) is 21.7. The van der Waals surface area contributed by atoms with E-state index in [1.807, 2.05) is 0 Å². The number of esters is 1. The Hall–Kier alpha value is -1.69. The predicted molar refractivity (Wildman–Crippen MR) is 169 cm³/mol. The van der Waals surface area contributed by atoms with Crippen molar-refractivity contribution in [1.82, 2.24) is 9.80 Å². The summed E-state index contributed by atoms with van der Waals surface area (Å²) < 4.78 is 5.93. The molecule has 0 aromatic heterocycles. The van der Waals surface area contributed by atoms with E-state index in [0.29, 0.717) is 24.0 Å². The number of hydrogen-bond donors (Lipinski definition) is 0. The molecule has 240 valence electrons. The van der Waals surface area contributed by atoms with Gasteiger partial charge in [-0.05, 0) is 98.0 Å². The molecule has 6 aliphatic rings. The average molecular weight is 595 g/mol. The van der Waals surface area contributed by atoms with Crippen LogP contribution in [-0.2, 0) is 19.1 Å². The van der Waals surface area contributed by atoms with Gasteiger partial charge in [-0.15, -0.1) is 0 Å². The Morgan fingerprint density at radius 2 is 1.56 bits per heavy atom. The van der Waals surface area contributed by atoms with E-state index >= 15 is 0 Å². The summed E-state index contributed by atoms with van der Waals surface area (Å²) in [4.78, 5) is 45.0. The van der Waals surface area contributed by atoms with E-state index in [9.17, 15) is 14.4 Å². The maximum Gasteiger partial charge on any atom is 0.302 e. The van der Waals surface area contributed by atoms with Crippen molar-refractivity contribution in [1.29, 1.82) is 0 Å². The lowest BCUT2D eigenvalue weighted by Crippen LogP contribution is -2.64. The smallest absolute Gasteiger partial charge is 0.302 e. The number of allylic oxidation sites excluding steroid dienone is 1. The highest BCUT2D eigenvalue weighted by Crippen LogP contribution is 2.76. The van der Waals surface area contributed by atoms with Gasteiger partial charge in [0.25, 0.3) is 0 Å². The lowest BCUT2D eigenvalue weighted by Gasteiger charge is -2.70. The summed E-state index contributed by atoms with van der Waals surface area (Å²) in [6.07, 6.45) is 8.66. The summed E-state index contributed by atoms with van der Waals surface area (Å²) in [5.74, 6) is 1.54. The number of fused-ring (bicyclic) bond motifs is 6. The number of ketones is 1. The number of ether oxygens (including phenoxy) is 1. The Bertz CT molecular complexity index is 1230. The zero-order chi connectivity index (χ0) is 31.3. The predicted octanol–water partition coefficient (Wildman–Crippen LogP) is 6.67. The molecule has 6 heteroatoms. The molecule has 0 radical (unpaired) electrons.